The van der Waals surface area contributed by atoms with Gasteiger partial charge in [0.15, 0.2) is 0 Å². The highest BCUT2D eigenvalue weighted by molar-refractivity contribution is 8.00. The van der Waals surface area contributed by atoms with E-state index in [0.29, 0.717) is 17.9 Å². The molecule has 0 heterocycles. The molecular weight excluding hydrogens is 298 g/mol. The van der Waals surface area contributed by atoms with Crippen LogP contribution in [0.25, 0.3) is 0 Å². The number of carboxylic acid groups (broad SMARTS) is 1. The lowest BCUT2D eigenvalue weighted by Gasteiger charge is -2.17. The number of amides is 1. The molecule has 2 unspecified atom stereocenters. The van der Waals surface area contributed by atoms with Crippen LogP contribution in [0.4, 0.5) is 0 Å². The van der Waals surface area contributed by atoms with Gasteiger partial charge < -0.3 is 10.4 Å². The van der Waals surface area contributed by atoms with Crippen molar-refractivity contribution in [1.82, 2.24) is 5.32 Å². The predicted octanol–water partition coefficient (Wildman–Crippen LogP) is 3.19. The van der Waals surface area contributed by atoms with Crippen LogP contribution in [0.5, 0.6) is 0 Å². The molecule has 4 nitrogen and oxygen atoms in total. The summed E-state index contributed by atoms with van der Waals surface area (Å²) in [6, 6.07) is 6.35. The van der Waals surface area contributed by atoms with Gasteiger partial charge in [-0.3, -0.25) is 4.79 Å². The van der Waals surface area contributed by atoms with Gasteiger partial charge in [-0.05, 0) is 37.6 Å². The molecule has 0 saturated carbocycles. The molecule has 0 aliphatic heterocycles. The number of carbonyl (C=O) groups excluding carboxylic acids is 1. The van der Waals surface area contributed by atoms with Crippen LogP contribution in [0.15, 0.2) is 29.2 Å². The molecule has 0 radical (unpaired) electrons. The summed E-state index contributed by atoms with van der Waals surface area (Å²) in [5, 5.41) is 11.9. The third kappa shape index (κ3) is 5.43. The molecule has 0 aromatic heterocycles. The smallest absolute Gasteiger partial charge is 0.326 e. The van der Waals surface area contributed by atoms with Crippen molar-refractivity contribution in [3.63, 3.8) is 0 Å². The number of aliphatic carboxylic acids is 1. The van der Waals surface area contributed by atoms with Crippen LogP contribution in [-0.2, 0) is 9.59 Å². The fraction of sp³-hybridized carbons (Fsp3) is 0.429. The van der Waals surface area contributed by atoms with Gasteiger partial charge >= 0.3 is 5.97 Å². The molecule has 0 spiro atoms. The molecule has 2 atom stereocenters. The molecule has 110 valence electrons. The Bertz CT molecular complexity index is 464. The number of rotatable bonds is 7. The van der Waals surface area contributed by atoms with Crippen molar-refractivity contribution < 1.29 is 14.7 Å². The maximum Gasteiger partial charge on any atom is 0.326 e. The van der Waals surface area contributed by atoms with Gasteiger partial charge in [-0.25, -0.2) is 4.79 Å². The van der Waals surface area contributed by atoms with E-state index in [-0.39, 0.29) is 11.2 Å². The third-order valence-corrected chi connectivity index (χ3v) is 4.05. The van der Waals surface area contributed by atoms with Gasteiger partial charge in [0.05, 0.1) is 5.25 Å². The van der Waals surface area contributed by atoms with Crippen molar-refractivity contribution in [3.05, 3.63) is 29.3 Å². The van der Waals surface area contributed by atoms with E-state index in [2.05, 4.69) is 5.32 Å². The highest BCUT2D eigenvalue weighted by Gasteiger charge is 2.22. The Balaban J connectivity index is 2.57. The van der Waals surface area contributed by atoms with E-state index >= 15 is 0 Å². The largest absolute Gasteiger partial charge is 0.480 e. The van der Waals surface area contributed by atoms with Gasteiger partial charge in [-0.1, -0.05) is 24.9 Å². The summed E-state index contributed by atoms with van der Waals surface area (Å²) in [5.74, 6) is -1.27. The summed E-state index contributed by atoms with van der Waals surface area (Å²) in [6.45, 7) is 3.63. The van der Waals surface area contributed by atoms with Gasteiger partial charge in [0.1, 0.15) is 6.04 Å². The van der Waals surface area contributed by atoms with Crippen molar-refractivity contribution in [1.29, 1.82) is 0 Å². The molecule has 0 aliphatic carbocycles. The third-order valence-electron chi connectivity index (χ3n) is 2.69. The first-order valence-electron chi connectivity index (χ1n) is 6.39. The van der Waals surface area contributed by atoms with Crippen LogP contribution in [0.1, 0.15) is 26.7 Å². The lowest BCUT2D eigenvalue weighted by Crippen LogP contribution is -2.43. The molecule has 0 aliphatic rings. The zero-order valence-corrected chi connectivity index (χ0v) is 13.0. The number of hydrogen-bond donors (Lipinski definition) is 2. The van der Waals surface area contributed by atoms with E-state index in [4.69, 9.17) is 16.7 Å². The minimum Gasteiger partial charge on any atom is -0.480 e. The quantitative estimate of drug-likeness (QED) is 0.758. The van der Waals surface area contributed by atoms with Crippen LogP contribution < -0.4 is 5.32 Å². The summed E-state index contributed by atoms with van der Waals surface area (Å²) in [6.07, 6.45) is 1.13. The number of hydrogen-bond acceptors (Lipinski definition) is 3. The summed E-state index contributed by atoms with van der Waals surface area (Å²) < 4.78 is 0. The molecule has 1 amide bonds. The number of carboxylic acids is 1. The molecule has 1 aromatic carbocycles. The van der Waals surface area contributed by atoms with E-state index < -0.39 is 12.0 Å². The summed E-state index contributed by atoms with van der Waals surface area (Å²) in [5.41, 5.74) is 0. The zero-order valence-electron chi connectivity index (χ0n) is 11.4. The first-order valence-corrected chi connectivity index (χ1v) is 7.65. The van der Waals surface area contributed by atoms with Crippen molar-refractivity contribution in [2.24, 2.45) is 0 Å². The Hall–Kier alpha value is -1.20. The maximum atomic E-state index is 12.0. The lowest BCUT2D eigenvalue weighted by molar-refractivity contribution is -0.141. The highest BCUT2D eigenvalue weighted by atomic mass is 35.5. The lowest BCUT2D eigenvalue weighted by atomic mass is 10.1. The van der Waals surface area contributed by atoms with E-state index in [1.54, 1.807) is 19.1 Å². The summed E-state index contributed by atoms with van der Waals surface area (Å²) >= 11 is 7.16. The van der Waals surface area contributed by atoms with E-state index in [1.807, 2.05) is 19.1 Å². The molecule has 0 saturated heterocycles. The van der Waals surface area contributed by atoms with E-state index in [9.17, 15) is 9.59 Å². The SMILES string of the molecule is CCCC(NC(=O)C(C)Sc1ccc(Cl)cc1)C(=O)O. The first-order chi connectivity index (χ1) is 9.43. The van der Waals surface area contributed by atoms with Crippen molar-refractivity contribution in [2.75, 3.05) is 0 Å². The van der Waals surface area contributed by atoms with Crippen LogP contribution in [-0.4, -0.2) is 28.3 Å². The van der Waals surface area contributed by atoms with E-state index in [1.165, 1.54) is 11.8 Å². The second-order valence-corrected chi connectivity index (χ2v) is 6.25. The second-order valence-electron chi connectivity index (χ2n) is 4.40. The van der Waals surface area contributed by atoms with E-state index in [0.717, 1.165) is 4.90 Å². The van der Waals surface area contributed by atoms with Crippen molar-refractivity contribution in [2.45, 2.75) is 42.9 Å². The minimum atomic E-state index is -0.996. The monoisotopic (exact) mass is 315 g/mol. The van der Waals surface area contributed by atoms with Crippen LogP contribution in [0.3, 0.4) is 0 Å². The van der Waals surface area contributed by atoms with Gasteiger partial charge in [-0.15, -0.1) is 11.8 Å². The molecule has 2 N–H and O–H groups in total. The Morgan fingerprint density at radius 1 is 1.35 bits per heavy atom. The van der Waals surface area contributed by atoms with Crippen LogP contribution in [0.2, 0.25) is 5.02 Å². The molecule has 0 bridgehead atoms. The summed E-state index contributed by atoms with van der Waals surface area (Å²) in [7, 11) is 0. The Morgan fingerprint density at radius 2 is 1.95 bits per heavy atom. The number of thioether (sulfide) groups is 1. The molecule has 1 aromatic rings. The minimum absolute atomic E-state index is 0.272. The van der Waals surface area contributed by atoms with Crippen LogP contribution >= 0.6 is 23.4 Å². The number of nitrogens with one attached hydrogen (secondary N) is 1. The zero-order chi connectivity index (χ0) is 15.1. The molecule has 1 rings (SSSR count). The topological polar surface area (TPSA) is 66.4 Å². The maximum absolute atomic E-state index is 12.0. The van der Waals surface area contributed by atoms with Crippen LogP contribution in [0, 0.1) is 0 Å². The standard InChI is InChI=1S/C14H18ClNO3S/c1-3-4-12(14(18)19)16-13(17)9(2)20-11-7-5-10(15)6-8-11/h5-9,12H,3-4H2,1-2H3,(H,16,17)(H,18,19). The Morgan fingerprint density at radius 3 is 2.45 bits per heavy atom. The first kappa shape index (κ1) is 16.9. The van der Waals surface area contributed by atoms with Gasteiger partial charge in [-0.2, -0.15) is 0 Å². The average molecular weight is 316 g/mol. The van der Waals surface area contributed by atoms with Crippen molar-refractivity contribution >= 4 is 35.2 Å². The Labute approximate surface area is 127 Å². The molecular formula is C14H18ClNO3S. The summed E-state index contributed by atoms with van der Waals surface area (Å²) in [4.78, 5) is 23.9. The normalized spacial score (nSPS) is 13.6. The highest BCUT2D eigenvalue weighted by Crippen LogP contribution is 2.24. The molecule has 0 fully saturated rings. The average Bonchev–Trinajstić information content (AvgIpc) is 2.40. The van der Waals surface area contributed by atoms with Gasteiger partial charge in [0.25, 0.3) is 0 Å². The fourth-order valence-corrected chi connectivity index (χ4v) is 2.61. The number of benzene rings is 1. The van der Waals surface area contributed by atoms with Gasteiger partial charge in [0.2, 0.25) is 5.91 Å². The van der Waals surface area contributed by atoms with Gasteiger partial charge in [0, 0.05) is 9.92 Å². The van der Waals surface area contributed by atoms with Crippen molar-refractivity contribution in [3.8, 4) is 0 Å². The molecule has 6 heteroatoms. The fourth-order valence-electron chi connectivity index (χ4n) is 1.61. The second kappa shape index (κ2) is 8.17. The molecule has 20 heavy (non-hydrogen) atoms. The number of carbonyl (C=O) groups is 2. The number of halogens is 1. The predicted molar refractivity (Wildman–Crippen MR) is 81.2 cm³/mol. The Kier molecular flexibility index (Phi) is 6.88.